The number of aromatic nitrogens is 3. The van der Waals surface area contributed by atoms with E-state index in [2.05, 4.69) is 20.3 Å². The lowest BCUT2D eigenvalue weighted by atomic mass is 9.93. The lowest BCUT2D eigenvalue weighted by molar-refractivity contribution is 0.0710. The van der Waals surface area contributed by atoms with Crippen molar-refractivity contribution in [2.75, 3.05) is 25.5 Å². The summed E-state index contributed by atoms with van der Waals surface area (Å²) in [5.41, 5.74) is 1.89. The van der Waals surface area contributed by atoms with Crippen LogP contribution >= 0.6 is 11.3 Å². The molecule has 1 aliphatic heterocycles. The Bertz CT molecular complexity index is 1060. The minimum Gasteiger partial charge on any atom is -0.365 e. The number of hydrogen-bond acceptors (Lipinski definition) is 6. The fourth-order valence-corrected chi connectivity index (χ4v) is 4.49. The third kappa shape index (κ3) is 3.32. The molecule has 0 bridgehead atoms. The van der Waals surface area contributed by atoms with Gasteiger partial charge in [-0.05, 0) is 31.9 Å². The van der Waals surface area contributed by atoms with Crippen molar-refractivity contribution in [2.45, 2.75) is 25.7 Å². The molecule has 4 rings (SSSR count). The number of carbonyl (C=O) groups is 1. The monoisotopic (exact) mass is 383 g/mol. The number of nitrogens with zero attached hydrogens (tertiary/aromatic N) is 3. The van der Waals surface area contributed by atoms with E-state index in [1.54, 1.807) is 13.2 Å². The van der Waals surface area contributed by atoms with E-state index < -0.39 is 0 Å². The number of H-pyrrole nitrogens is 1. The first kappa shape index (κ1) is 17.7. The molecule has 140 valence electrons. The number of amides is 1. The van der Waals surface area contributed by atoms with E-state index in [-0.39, 0.29) is 17.4 Å². The Balaban J connectivity index is 1.60. The minimum atomic E-state index is -0.177. The highest BCUT2D eigenvalue weighted by atomic mass is 32.1. The number of hydrogen-bond donors (Lipinski definition) is 2. The van der Waals surface area contributed by atoms with Gasteiger partial charge in [-0.25, -0.2) is 4.98 Å². The molecule has 0 aliphatic carbocycles. The second-order valence-corrected chi connectivity index (χ2v) is 7.77. The molecule has 0 spiro atoms. The molecular weight excluding hydrogens is 362 g/mol. The molecule has 0 aromatic carbocycles. The van der Waals surface area contributed by atoms with Crippen molar-refractivity contribution < 1.29 is 4.79 Å². The standard InChI is InChI=1S/C19H21N5O2S/c1-11-16(27-19(20-2)22-11)18(26)24-8-4-6-13(10-24)14-9-12-5-3-7-21-15(12)17(25)23-14/h3,5,7,9,13H,4,6,8,10H2,1-2H3,(H,20,22)(H,23,25). The highest BCUT2D eigenvalue weighted by Crippen LogP contribution is 2.30. The van der Waals surface area contributed by atoms with E-state index in [9.17, 15) is 9.59 Å². The lowest BCUT2D eigenvalue weighted by Crippen LogP contribution is -2.39. The summed E-state index contributed by atoms with van der Waals surface area (Å²) in [6, 6.07) is 5.71. The Morgan fingerprint density at radius 1 is 1.44 bits per heavy atom. The number of likely N-dealkylation sites (tertiary alicyclic amines) is 1. The van der Waals surface area contributed by atoms with Crippen molar-refractivity contribution in [1.82, 2.24) is 19.9 Å². The van der Waals surface area contributed by atoms with Gasteiger partial charge in [0, 0.05) is 43.3 Å². The van der Waals surface area contributed by atoms with E-state index in [0.29, 0.717) is 16.9 Å². The summed E-state index contributed by atoms with van der Waals surface area (Å²) in [5, 5.41) is 4.57. The smallest absolute Gasteiger partial charge is 0.274 e. The summed E-state index contributed by atoms with van der Waals surface area (Å²) < 4.78 is 0. The molecule has 1 fully saturated rings. The van der Waals surface area contributed by atoms with Crippen LogP contribution in [0.25, 0.3) is 10.9 Å². The molecule has 2 N–H and O–H groups in total. The molecule has 27 heavy (non-hydrogen) atoms. The molecule has 3 aromatic rings. The number of thiazole rings is 1. The molecule has 4 heterocycles. The van der Waals surface area contributed by atoms with Crippen LogP contribution in [-0.4, -0.2) is 45.9 Å². The van der Waals surface area contributed by atoms with E-state index in [1.165, 1.54) is 11.3 Å². The molecule has 1 amide bonds. The molecule has 1 unspecified atom stereocenters. The van der Waals surface area contributed by atoms with Gasteiger partial charge in [-0.3, -0.25) is 14.6 Å². The molecule has 1 saturated heterocycles. The molecule has 0 radical (unpaired) electrons. The summed E-state index contributed by atoms with van der Waals surface area (Å²) in [6.07, 6.45) is 3.46. The summed E-state index contributed by atoms with van der Waals surface area (Å²) >= 11 is 1.38. The average Bonchev–Trinajstić information content (AvgIpc) is 3.08. The van der Waals surface area contributed by atoms with Gasteiger partial charge < -0.3 is 15.2 Å². The first-order valence-electron chi connectivity index (χ1n) is 8.99. The zero-order valence-electron chi connectivity index (χ0n) is 15.3. The Morgan fingerprint density at radius 3 is 3.07 bits per heavy atom. The van der Waals surface area contributed by atoms with Crippen LogP contribution in [-0.2, 0) is 0 Å². The molecule has 8 heteroatoms. The van der Waals surface area contributed by atoms with Crippen molar-refractivity contribution >= 4 is 33.3 Å². The van der Waals surface area contributed by atoms with Crippen molar-refractivity contribution in [2.24, 2.45) is 0 Å². The largest absolute Gasteiger partial charge is 0.365 e. The van der Waals surface area contributed by atoms with Crippen molar-refractivity contribution in [3.8, 4) is 0 Å². The average molecular weight is 383 g/mol. The number of aromatic amines is 1. The fourth-order valence-electron chi connectivity index (χ4n) is 3.60. The van der Waals surface area contributed by atoms with Gasteiger partial charge in [-0.15, -0.1) is 0 Å². The summed E-state index contributed by atoms with van der Waals surface area (Å²) in [7, 11) is 1.80. The van der Waals surface area contributed by atoms with Gasteiger partial charge in [0.25, 0.3) is 11.5 Å². The van der Waals surface area contributed by atoms with Crippen LogP contribution in [0, 0.1) is 6.92 Å². The molecule has 7 nitrogen and oxygen atoms in total. The molecule has 1 aliphatic rings. The van der Waals surface area contributed by atoms with Crippen LogP contribution in [0.1, 0.15) is 39.8 Å². The van der Waals surface area contributed by atoms with Crippen LogP contribution in [0.2, 0.25) is 0 Å². The second-order valence-electron chi connectivity index (χ2n) is 6.77. The maximum Gasteiger partial charge on any atom is 0.274 e. The molecule has 3 aromatic heterocycles. The zero-order chi connectivity index (χ0) is 19.0. The summed E-state index contributed by atoms with van der Waals surface area (Å²) in [5.74, 6) is 0.123. The van der Waals surface area contributed by atoms with E-state index >= 15 is 0 Å². The van der Waals surface area contributed by atoms with Crippen LogP contribution in [0.15, 0.2) is 29.2 Å². The van der Waals surface area contributed by atoms with Crippen LogP contribution in [0.5, 0.6) is 0 Å². The van der Waals surface area contributed by atoms with Crippen LogP contribution in [0.4, 0.5) is 5.13 Å². The van der Waals surface area contributed by atoms with Gasteiger partial charge in [0.2, 0.25) is 0 Å². The normalized spacial score (nSPS) is 17.3. The van der Waals surface area contributed by atoms with E-state index in [1.807, 2.05) is 30.0 Å². The lowest BCUT2D eigenvalue weighted by Gasteiger charge is -2.32. The number of piperidine rings is 1. The maximum absolute atomic E-state index is 13.0. The SMILES string of the molecule is CNc1nc(C)c(C(=O)N2CCCC(c3cc4cccnc4c(=O)[nH]3)C2)s1. The first-order chi connectivity index (χ1) is 13.1. The van der Waals surface area contributed by atoms with Crippen LogP contribution < -0.4 is 10.9 Å². The van der Waals surface area contributed by atoms with Gasteiger partial charge in [-0.1, -0.05) is 17.4 Å². The number of fused-ring (bicyclic) bond motifs is 1. The Kier molecular flexibility index (Phi) is 4.65. The number of pyridine rings is 2. The Labute approximate surface area is 160 Å². The number of nitrogens with one attached hydrogen (secondary N) is 2. The highest BCUT2D eigenvalue weighted by molar-refractivity contribution is 7.17. The minimum absolute atomic E-state index is 0.0148. The second kappa shape index (κ2) is 7.11. The Morgan fingerprint density at radius 2 is 2.30 bits per heavy atom. The third-order valence-corrected chi connectivity index (χ3v) is 6.14. The number of rotatable bonds is 3. The topological polar surface area (TPSA) is 91.0 Å². The summed E-state index contributed by atoms with van der Waals surface area (Å²) in [4.78, 5) is 39.4. The molecular formula is C19H21N5O2S. The molecule has 0 saturated carbocycles. The van der Waals surface area contributed by atoms with E-state index in [4.69, 9.17) is 0 Å². The number of carbonyl (C=O) groups excluding carboxylic acids is 1. The quantitative estimate of drug-likeness (QED) is 0.726. The predicted octanol–water partition coefficient (Wildman–Crippen LogP) is 2.75. The van der Waals surface area contributed by atoms with Crippen molar-refractivity contribution in [3.05, 3.63) is 51.0 Å². The van der Waals surface area contributed by atoms with Crippen LogP contribution in [0.3, 0.4) is 0 Å². The van der Waals surface area contributed by atoms with Crippen molar-refractivity contribution in [3.63, 3.8) is 0 Å². The zero-order valence-corrected chi connectivity index (χ0v) is 16.1. The maximum atomic E-state index is 13.0. The van der Waals surface area contributed by atoms with E-state index in [0.717, 1.165) is 41.3 Å². The summed E-state index contributed by atoms with van der Waals surface area (Å²) in [6.45, 7) is 3.17. The van der Waals surface area contributed by atoms with Gasteiger partial charge >= 0.3 is 0 Å². The fraction of sp³-hybridized carbons (Fsp3) is 0.368. The number of aryl methyl sites for hydroxylation is 1. The first-order valence-corrected chi connectivity index (χ1v) is 9.81. The van der Waals surface area contributed by atoms with Gasteiger partial charge in [0.05, 0.1) is 5.69 Å². The predicted molar refractivity (Wildman–Crippen MR) is 107 cm³/mol. The van der Waals surface area contributed by atoms with Gasteiger partial charge in [0.15, 0.2) is 5.13 Å². The third-order valence-electron chi connectivity index (χ3n) is 4.98. The van der Waals surface area contributed by atoms with Gasteiger partial charge in [0.1, 0.15) is 10.4 Å². The highest BCUT2D eigenvalue weighted by Gasteiger charge is 2.28. The Hall–Kier alpha value is -2.74. The van der Waals surface area contributed by atoms with Crippen molar-refractivity contribution in [1.29, 1.82) is 0 Å². The number of anilines is 1. The van der Waals surface area contributed by atoms with Gasteiger partial charge in [-0.2, -0.15) is 0 Å². The molecule has 1 atom stereocenters.